The zero-order chi connectivity index (χ0) is 12.1. The first kappa shape index (κ1) is 11.9. The second-order valence-corrected chi connectivity index (χ2v) is 4.26. The smallest absolute Gasteiger partial charge is 0.0516 e. The van der Waals surface area contributed by atoms with Crippen LogP contribution in [0.1, 0.15) is 24.5 Å². The van der Waals surface area contributed by atoms with E-state index in [4.69, 9.17) is 11.6 Å². The van der Waals surface area contributed by atoms with Gasteiger partial charge in [-0.2, -0.15) is 0 Å². The van der Waals surface area contributed by atoms with E-state index in [1.54, 1.807) is 0 Å². The molecule has 0 aliphatic heterocycles. The predicted molar refractivity (Wildman–Crippen MR) is 75.8 cm³/mol. The lowest BCUT2D eigenvalue weighted by Gasteiger charge is -2.09. The van der Waals surface area contributed by atoms with Gasteiger partial charge in [0.15, 0.2) is 0 Å². The fraction of sp³-hybridized carbons (Fsp3) is 0.125. The van der Waals surface area contributed by atoms with Crippen LogP contribution >= 0.6 is 11.6 Å². The van der Waals surface area contributed by atoms with Crippen LogP contribution in [0.3, 0.4) is 0 Å². The normalized spacial score (nSPS) is 12.1. The van der Waals surface area contributed by atoms with Crippen LogP contribution in [0.25, 0.3) is 10.6 Å². The Hall–Kier alpha value is -1.53. The summed E-state index contributed by atoms with van der Waals surface area (Å²) in [4.78, 5) is 0. The summed E-state index contributed by atoms with van der Waals surface area (Å²) in [7, 11) is 0. The molecule has 2 aromatic carbocycles. The Kier molecular flexibility index (Phi) is 4.00. The van der Waals surface area contributed by atoms with E-state index >= 15 is 0 Å². The van der Waals surface area contributed by atoms with Gasteiger partial charge in [0.1, 0.15) is 0 Å². The first-order valence-electron chi connectivity index (χ1n) is 5.82. The average Bonchev–Trinajstić information content (AvgIpc) is 2.42. The number of allylic oxidation sites excluding steroid dienone is 1. The van der Waals surface area contributed by atoms with Crippen LogP contribution in [0.15, 0.2) is 60.7 Å². The predicted octanol–water partition coefficient (Wildman–Crippen LogP) is 5.20. The summed E-state index contributed by atoms with van der Waals surface area (Å²) in [6, 6.07) is 20.4. The van der Waals surface area contributed by atoms with Gasteiger partial charge in [0.25, 0.3) is 0 Å². The number of benzene rings is 2. The van der Waals surface area contributed by atoms with Crippen molar-refractivity contribution in [3.8, 4) is 0 Å². The van der Waals surface area contributed by atoms with Gasteiger partial charge >= 0.3 is 0 Å². The van der Waals surface area contributed by atoms with Gasteiger partial charge in [-0.25, -0.2) is 0 Å². The summed E-state index contributed by atoms with van der Waals surface area (Å²) in [6.45, 7) is 2.13. The molecule has 0 spiro atoms. The van der Waals surface area contributed by atoms with Crippen LogP contribution in [-0.2, 0) is 0 Å². The fourth-order valence-corrected chi connectivity index (χ4v) is 2.25. The minimum Gasteiger partial charge on any atom is -0.0834 e. The quantitative estimate of drug-likeness (QED) is 0.649. The van der Waals surface area contributed by atoms with E-state index < -0.39 is 0 Å². The monoisotopic (exact) mass is 242 g/mol. The van der Waals surface area contributed by atoms with Crippen LogP contribution in [0.4, 0.5) is 0 Å². The molecular weight excluding hydrogens is 228 g/mol. The third-order valence-corrected chi connectivity index (χ3v) is 3.21. The van der Waals surface area contributed by atoms with Crippen molar-refractivity contribution in [1.29, 1.82) is 0 Å². The van der Waals surface area contributed by atoms with Gasteiger partial charge in [-0.3, -0.25) is 0 Å². The largest absolute Gasteiger partial charge is 0.0834 e. The Labute approximate surface area is 108 Å². The third-order valence-electron chi connectivity index (χ3n) is 2.77. The van der Waals surface area contributed by atoms with Crippen LogP contribution in [0.2, 0.25) is 0 Å². The van der Waals surface area contributed by atoms with Crippen molar-refractivity contribution < 1.29 is 0 Å². The summed E-state index contributed by atoms with van der Waals surface area (Å²) in [5, 5.41) is 0.847. The van der Waals surface area contributed by atoms with Crippen molar-refractivity contribution in [2.75, 3.05) is 0 Å². The van der Waals surface area contributed by atoms with E-state index in [0.717, 1.165) is 17.0 Å². The van der Waals surface area contributed by atoms with Crippen LogP contribution in [-0.4, -0.2) is 0 Å². The lowest BCUT2D eigenvalue weighted by Crippen LogP contribution is -1.86. The number of hydrogen-bond donors (Lipinski definition) is 0. The van der Waals surface area contributed by atoms with E-state index in [1.165, 1.54) is 11.1 Å². The molecule has 0 aliphatic carbocycles. The molecular formula is C16H15Cl. The highest BCUT2D eigenvalue weighted by atomic mass is 35.5. The first-order valence-corrected chi connectivity index (χ1v) is 6.20. The van der Waals surface area contributed by atoms with Crippen molar-refractivity contribution in [2.24, 2.45) is 0 Å². The molecule has 0 atom stereocenters. The Morgan fingerprint density at radius 3 is 1.76 bits per heavy atom. The van der Waals surface area contributed by atoms with Crippen molar-refractivity contribution in [2.45, 2.75) is 13.3 Å². The van der Waals surface area contributed by atoms with Crippen molar-refractivity contribution in [3.63, 3.8) is 0 Å². The van der Waals surface area contributed by atoms with Crippen LogP contribution in [0.5, 0.6) is 0 Å². The van der Waals surface area contributed by atoms with Gasteiger partial charge in [0.05, 0.1) is 5.03 Å². The zero-order valence-electron chi connectivity index (χ0n) is 9.86. The van der Waals surface area contributed by atoms with Crippen molar-refractivity contribution in [3.05, 3.63) is 71.8 Å². The Balaban J connectivity index is 2.48. The van der Waals surface area contributed by atoms with Crippen molar-refractivity contribution in [1.82, 2.24) is 0 Å². The molecule has 0 aliphatic rings. The molecule has 2 aromatic rings. The Morgan fingerprint density at radius 1 is 0.824 bits per heavy atom. The molecule has 0 radical (unpaired) electrons. The molecule has 0 nitrogen and oxygen atoms in total. The molecule has 17 heavy (non-hydrogen) atoms. The molecule has 0 unspecified atom stereocenters. The van der Waals surface area contributed by atoms with Gasteiger partial charge in [-0.05, 0) is 23.1 Å². The Bertz CT molecular complexity index is 498. The summed E-state index contributed by atoms with van der Waals surface area (Å²) in [6.07, 6.45) is 0.928. The standard InChI is InChI=1S/C16H15Cl/c1-2-15(13-9-5-3-6-10-13)16(17)14-11-7-4-8-12-14/h3-12H,2H2,1H3/b16-15+. The highest BCUT2D eigenvalue weighted by molar-refractivity contribution is 6.52. The minimum atomic E-state index is 0.847. The summed E-state index contributed by atoms with van der Waals surface area (Å²) in [5.41, 5.74) is 3.47. The molecule has 0 fully saturated rings. The molecule has 0 heterocycles. The average molecular weight is 243 g/mol. The van der Waals surface area contributed by atoms with Crippen LogP contribution in [0, 0.1) is 0 Å². The van der Waals surface area contributed by atoms with E-state index in [9.17, 15) is 0 Å². The third kappa shape index (κ3) is 2.78. The molecule has 86 valence electrons. The highest BCUT2D eigenvalue weighted by Crippen LogP contribution is 2.31. The van der Waals surface area contributed by atoms with Gasteiger partial charge in [-0.1, -0.05) is 79.2 Å². The summed E-state index contributed by atoms with van der Waals surface area (Å²) < 4.78 is 0. The number of halogens is 1. The zero-order valence-corrected chi connectivity index (χ0v) is 10.6. The summed E-state index contributed by atoms with van der Waals surface area (Å²) >= 11 is 6.49. The Morgan fingerprint density at radius 2 is 1.29 bits per heavy atom. The maximum absolute atomic E-state index is 6.49. The van der Waals surface area contributed by atoms with E-state index in [1.807, 2.05) is 48.5 Å². The topological polar surface area (TPSA) is 0 Å². The highest BCUT2D eigenvalue weighted by Gasteiger charge is 2.06. The molecule has 2 rings (SSSR count). The van der Waals surface area contributed by atoms with Gasteiger partial charge < -0.3 is 0 Å². The lowest BCUT2D eigenvalue weighted by atomic mass is 10.0. The molecule has 0 saturated carbocycles. The van der Waals surface area contributed by atoms with Crippen LogP contribution < -0.4 is 0 Å². The lowest BCUT2D eigenvalue weighted by molar-refractivity contribution is 1.24. The summed E-state index contributed by atoms with van der Waals surface area (Å²) in [5.74, 6) is 0. The molecule has 0 amide bonds. The number of hydrogen-bond acceptors (Lipinski definition) is 0. The van der Waals surface area contributed by atoms with Crippen molar-refractivity contribution >= 4 is 22.2 Å². The molecule has 0 N–H and O–H groups in total. The van der Waals surface area contributed by atoms with E-state index in [0.29, 0.717) is 0 Å². The van der Waals surface area contributed by atoms with Gasteiger partial charge in [-0.15, -0.1) is 0 Å². The fourth-order valence-electron chi connectivity index (χ4n) is 1.88. The van der Waals surface area contributed by atoms with Gasteiger partial charge in [0.2, 0.25) is 0 Å². The molecule has 0 aromatic heterocycles. The number of rotatable bonds is 3. The second-order valence-electron chi connectivity index (χ2n) is 3.88. The molecule has 0 bridgehead atoms. The maximum atomic E-state index is 6.49. The SMILES string of the molecule is CC/C(=C(\Cl)c1ccccc1)c1ccccc1. The minimum absolute atomic E-state index is 0.847. The molecule has 0 saturated heterocycles. The van der Waals surface area contributed by atoms with E-state index in [-0.39, 0.29) is 0 Å². The molecule has 1 heteroatoms. The van der Waals surface area contributed by atoms with Gasteiger partial charge in [0, 0.05) is 0 Å². The first-order chi connectivity index (χ1) is 8.33. The second kappa shape index (κ2) is 5.70. The maximum Gasteiger partial charge on any atom is 0.0516 e. The van der Waals surface area contributed by atoms with E-state index in [2.05, 4.69) is 19.1 Å².